The molecule has 0 radical (unpaired) electrons. The molecule has 1 aliphatic rings. The van der Waals surface area contributed by atoms with Crippen LogP contribution in [0.5, 0.6) is 0 Å². The number of carboxylic acid groups (broad SMARTS) is 1. The van der Waals surface area contributed by atoms with E-state index in [1.165, 1.54) is 18.3 Å². The van der Waals surface area contributed by atoms with Crippen LogP contribution in [-0.2, 0) is 10.0 Å². The molecule has 1 aliphatic carbocycles. The molecular formula is C25H24FN5O4S. The second-order valence-corrected chi connectivity index (χ2v) is 10.5. The molecule has 2 heterocycles. The Morgan fingerprint density at radius 3 is 2.56 bits per heavy atom. The summed E-state index contributed by atoms with van der Waals surface area (Å²) in [7, 11) is -3.93. The van der Waals surface area contributed by atoms with E-state index < -0.39 is 21.9 Å². The molecule has 2 aromatic carbocycles. The summed E-state index contributed by atoms with van der Waals surface area (Å²) >= 11 is 0. The minimum Gasteiger partial charge on any atom is -0.465 e. The van der Waals surface area contributed by atoms with E-state index in [9.17, 15) is 13.2 Å². The fourth-order valence-electron chi connectivity index (χ4n) is 4.68. The number of para-hydroxylation sites is 1. The monoisotopic (exact) mass is 509 g/mol. The number of aromatic nitrogens is 3. The lowest BCUT2D eigenvalue weighted by Crippen LogP contribution is -2.41. The Morgan fingerprint density at radius 1 is 1.06 bits per heavy atom. The van der Waals surface area contributed by atoms with Crippen molar-refractivity contribution >= 4 is 33.0 Å². The second-order valence-electron chi connectivity index (χ2n) is 8.72. The summed E-state index contributed by atoms with van der Waals surface area (Å²) in [5, 5.41) is 15.2. The largest absolute Gasteiger partial charge is 0.465 e. The van der Waals surface area contributed by atoms with Gasteiger partial charge in [0.25, 0.3) is 10.0 Å². The molecule has 36 heavy (non-hydrogen) atoms. The first-order valence-corrected chi connectivity index (χ1v) is 13.0. The van der Waals surface area contributed by atoms with Crippen molar-refractivity contribution in [1.29, 1.82) is 0 Å². The van der Waals surface area contributed by atoms with Crippen molar-refractivity contribution in [1.82, 2.24) is 19.3 Å². The number of rotatable bonds is 6. The summed E-state index contributed by atoms with van der Waals surface area (Å²) in [5.74, 6) is -0.496. The molecule has 0 bridgehead atoms. The molecule has 1 saturated carbocycles. The molecule has 11 heteroatoms. The third-order valence-electron chi connectivity index (χ3n) is 6.31. The zero-order chi connectivity index (χ0) is 25.3. The Bertz CT molecular complexity index is 1520. The van der Waals surface area contributed by atoms with Gasteiger partial charge in [0.05, 0.1) is 16.6 Å². The Balaban J connectivity index is 1.52. The first-order chi connectivity index (χ1) is 17.3. The number of benzene rings is 2. The van der Waals surface area contributed by atoms with Crippen molar-refractivity contribution in [3.05, 3.63) is 72.8 Å². The van der Waals surface area contributed by atoms with Gasteiger partial charge in [0.2, 0.25) is 5.95 Å². The van der Waals surface area contributed by atoms with Gasteiger partial charge in [-0.05, 0) is 43.9 Å². The summed E-state index contributed by atoms with van der Waals surface area (Å²) in [6, 6.07) is 14.6. The zero-order valence-electron chi connectivity index (χ0n) is 19.1. The van der Waals surface area contributed by atoms with Crippen LogP contribution in [0.1, 0.15) is 25.7 Å². The van der Waals surface area contributed by atoms with Crippen LogP contribution in [-0.4, -0.2) is 45.6 Å². The van der Waals surface area contributed by atoms with E-state index in [1.54, 1.807) is 42.5 Å². The van der Waals surface area contributed by atoms with Crippen LogP contribution in [0.25, 0.3) is 22.2 Å². The lowest BCUT2D eigenvalue weighted by Gasteiger charge is -2.29. The van der Waals surface area contributed by atoms with Crippen LogP contribution in [0, 0.1) is 5.82 Å². The van der Waals surface area contributed by atoms with Gasteiger partial charge >= 0.3 is 6.09 Å². The third kappa shape index (κ3) is 4.61. The SMILES string of the molecule is O=C(O)NC1CCC[C@@H](Nc2ncc(F)c(-c3cn(S(=O)(=O)c4ccccc4)c4ccccc34)n2)C1. The van der Waals surface area contributed by atoms with Crippen LogP contribution >= 0.6 is 0 Å². The van der Waals surface area contributed by atoms with Crippen molar-refractivity contribution in [2.75, 3.05) is 5.32 Å². The predicted octanol–water partition coefficient (Wildman–Crippen LogP) is 4.47. The van der Waals surface area contributed by atoms with E-state index in [0.717, 1.165) is 29.4 Å². The molecule has 0 spiro atoms. The Morgan fingerprint density at radius 2 is 1.78 bits per heavy atom. The quantitative estimate of drug-likeness (QED) is 0.350. The average Bonchev–Trinajstić information content (AvgIpc) is 3.26. The number of carbonyl (C=O) groups is 1. The summed E-state index contributed by atoms with van der Waals surface area (Å²) in [4.78, 5) is 19.6. The van der Waals surface area contributed by atoms with Crippen LogP contribution in [0.15, 0.2) is 71.9 Å². The molecule has 0 aliphatic heterocycles. The molecule has 2 aromatic heterocycles. The fraction of sp³-hybridized carbons (Fsp3) is 0.240. The number of amides is 1. The van der Waals surface area contributed by atoms with E-state index in [-0.39, 0.29) is 28.6 Å². The van der Waals surface area contributed by atoms with Gasteiger partial charge < -0.3 is 15.7 Å². The lowest BCUT2D eigenvalue weighted by atomic mass is 9.91. The first-order valence-electron chi connectivity index (χ1n) is 11.5. The molecule has 1 amide bonds. The molecule has 0 saturated heterocycles. The highest BCUT2D eigenvalue weighted by Gasteiger charge is 2.26. The average molecular weight is 510 g/mol. The molecule has 9 nitrogen and oxygen atoms in total. The summed E-state index contributed by atoms with van der Waals surface area (Å²) in [6.07, 6.45) is 4.28. The third-order valence-corrected chi connectivity index (χ3v) is 8.00. The van der Waals surface area contributed by atoms with Gasteiger partial charge in [0.1, 0.15) is 5.69 Å². The smallest absolute Gasteiger partial charge is 0.404 e. The fourth-order valence-corrected chi connectivity index (χ4v) is 6.07. The molecule has 5 rings (SSSR count). The number of halogens is 1. The Kier molecular flexibility index (Phi) is 6.31. The van der Waals surface area contributed by atoms with Gasteiger partial charge in [-0.25, -0.2) is 31.5 Å². The molecule has 3 N–H and O–H groups in total. The van der Waals surface area contributed by atoms with Crippen molar-refractivity contribution < 1.29 is 22.7 Å². The van der Waals surface area contributed by atoms with E-state index in [0.29, 0.717) is 22.9 Å². The maximum Gasteiger partial charge on any atom is 0.404 e. The van der Waals surface area contributed by atoms with Crippen molar-refractivity contribution in [3.8, 4) is 11.3 Å². The van der Waals surface area contributed by atoms with E-state index in [1.807, 2.05) is 0 Å². The van der Waals surface area contributed by atoms with E-state index in [4.69, 9.17) is 5.11 Å². The topological polar surface area (TPSA) is 126 Å². The van der Waals surface area contributed by atoms with Gasteiger partial charge in [-0.15, -0.1) is 0 Å². The van der Waals surface area contributed by atoms with Gasteiger partial charge in [0.15, 0.2) is 5.82 Å². The highest BCUT2D eigenvalue weighted by atomic mass is 32.2. The molecule has 186 valence electrons. The van der Waals surface area contributed by atoms with E-state index >= 15 is 4.39 Å². The highest BCUT2D eigenvalue weighted by molar-refractivity contribution is 7.90. The van der Waals surface area contributed by atoms with Crippen LogP contribution in [0.3, 0.4) is 0 Å². The maximum absolute atomic E-state index is 15.0. The van der Waals surface area contributed by atoms with Crippen LogP contribution in [0.4, 0.5) is 15.1 Å². The molecule has 4 aromatic rings. The highest BCUT2D eigenvalue weighted by Crippen LogP contribution is 2.34. The number of anilines is 1. The van der Waals surface area contributed by atoms with Crippen LogP contribution in [0.2, 0.25) is 0 Å². The summed E-state index contributed by atoms with van der Waals surface area (Å²) in [5.41, 5.74) is 0.697. The van der Waals surface area contributed by atoms with Crippen molar-refractivity contribution in [2.24, 2.45) is 0 Å². The Hall–Kier alpha value is -3.99. The van der Waals surface area contributed by atoms with Gasteiger partial charge in [-0.1, -0.05) is 36.4 Å². The molecule has 2 atom stereocenters. The standard InChI is InChI=1S/C25H24FN5O4S/c26-21-14-27-24(28-16-7-6-8-17(13-16)29-25(32)33)30-23(21)20-15-31(22-12-5-4-11-19(20)22)36(34,35)18-9-2-1-3-10-18/h1-5,9-12,14-17,29H,6-8,13H2,(H,32,33)(H,27,28,30)/t16-,17?/m1/s1. The normalized spacial score (nSPS) is 18.1. The number of fused-ring (bicyclic) bond motifs is 1. The van der Waals surface area contributed by atoms with Crippen molar-refractivity contribution in [3.63, 3.8) is 0 Å². The van der Waals surface area contributed by atoms with Gasteiger partial charge in [-0.2, -0.15) is 0 Å². The van der Waals surface area contributed by atoms with Crippen molar-refractivity contribution in [2.45, 2.75) is 42.7 Å². The zero-order valence-corrected chi connectivity index (χ0v) is 20.0. The number of nitrogens with one attached hydrogen (secondary N) is 2. The molecule has 1 fully saturated rings. The minimum absolute atomic E-state index is 0.0262. The number of nitrogens with zero attached hydrogens (tertiary/aromatic N) is 3. The second kappa shape index (κ2) is 9.57. The summed E-state index contributed by atoms with van der Waals surface area (Å²) in [6.45, 7) is 0. The minimum atomic E-state index is -3.93. The predicted molar refractivity (Wildman–Crippen MR) is 133 cm³/mol. The lowest BCUT2D eigenvalue weighted by molar-refractivity contribution is 0.185. The number of hydrogen-bond acceptors (Lipinski definition) is 6. The molecule has 1 unspecified atom stereocenters. The van der Waals surface area contributed by atoms with Gasteiger partial charge in [0, 0.05) is 29.2 Å². The summed E-state index contributed by atoms with van der Waals surface area (Å²) < 4.78 is 42.9. The first kappa shape index (κ1) is 23.7. The van der Waals surface area contributed by atoms with E-state index in [2.05, 4.69) is 20.6 Å². The number of hydrogen-bond donors (Lipinski definition) is 3. The molecular weight excluding hydrogens is 485 g/mol. The van der Waals surface area contributed by atoms with Crippen LogP contribution < -0.4 is 10.6 Å². The van der Waals surface area contributed by atoms with Gasteiger partial charge in [-0.3, -0.25) is 0 Å². The Labute approximate surface area is 207 Å². The maximum atomic E-state index is 15.0.